The molecule has 0 radical (unpaired) electrons. The van der Waals surface area contributed by atoms with Crippen LogP contribution >= 0.6 is 11.6 Å². The summed E-state index contributed by atoms with van der Waals surface area (Å²) in [5.41, 5.74) is 0. The minimum Gasteiger partial charge on any atom is -0.490 e. The summed E-state index contributed by atoms with van der Waals surface area (Å²) in [6.07, 6.45) is 1.82. The Bertz CT molecular complexity index is 566. The van der Waals surface area contributed by atoms with Crippen LogP contribution in [-0.2, 0) is 0 Å². The van der Waals surface area contributed by atoms with Crippen molar-refractivity contribution in [3.05, 3.63) is 41.6 Å². The van der Waals surface area contributed by atoms with E-state index in [0.29, 0.717) is 18.1 Å². The SMILES string of the molecule is CCCOc1ccccc1Oc1nc(Cl)ncc1F. The lowest BCUT2D eigenvalue weighted by molar-refractivity contribution is 0.298. The molecule has 4 nitrogen and oxygen atoms in total. The Morgan fingerprint density at radius 3 is 2.74 bits per heavy atom. The molecular weight excluding hydrogens is 271 g/mol. The van der Waals surface area contributed by atoms with Gasteiger partial charge in [0.15, 0.2) is 11.5 Å². The van der Waals surface area contributed by atoms with Gasteiger partial charge < -0.3 is 9.47 Å². The normalized spacial score (nSPS) is 10.3. The number of aromatic nitrogens is 2. The van der Waals surface area contributed by atoms with E-state index in [-0.39, 0.29) is 11.2 Å². The van der Waals surface area contributed by atoms with Gasteiger partial charge in [0, 0.05) is 0 Å². The van der Waals surface area contributed by atoms with Crippen LogP contribution in [0.15, 0.2) is 30.5 Å². The third-order valence-electron chi connectivity index (χ3n) is 2.20. The van der Waals surface area contributed by atoms with E-state index in [1.807, 2.05) is 6.92 Å². The van der Waals surface area contributed by atoms with E-state index in [1.165, 1.54) is 0 Å². The molecule has 0 aliphatic carbocycles. The molecule has 0 saturated carbocycles. The Kier molecular flexibility index (Phi) is 4.52. The summed E-state index contributed by atoms with van der Waals surface area (Å²) < 4.78 is 24.4. The van der Waals surface area contributed by atoms with Crippen molar-refractivity contribution in [3.63, 3.8) is 0 Å². The predicted molar refractivity (Wildman–Crippen MR) is 69.3 cm³/mol. The van der Waals surface area contributed by atoms with Gasteiger partial charge in [0.2, 0.25) is 11.1 Å². The Balaban J connectivity index is 2.25. The van der Waals surface area contributed by atoms with Gasteiger partial charge in [-0.3, -0.25) is 0 Å². The fraction of sp³-hybridized carbons (Fsp3) is 0.231. The molecule has 1 aromatic heterocycles. The van der Waals surface area contributed by atoms with E-state index in [4.69, 9.17) is 21.1 Å². The Morgan fingerprint density at radius 2 is 2.00 bits per heavy atom. The zero-order chi connectivity index (χ0) is 13.7. The number of para-hydroxylation sites is 2. The topological polar surface area (TPSA) is 44.2 Å². The summed E-state index contributed by atoms with van der Waals surface area (Å²) in [7, 11) is 0. The lowest BCUT2D eigenvalue weighted by atomic mass is 10.3. The molecule has 0 atom stereocenters. The molecule has 0 amide bonds. The largest absolute Gasteiger partial charge is 0.490 e. The van der Waals surface area contributed by atoms with Crippen LogP contribution in [0, 0.1) is 5.82 Å². The van der Waals surface area contributed by atoms with Gasteiger partial charge in [-0.2, -0.15) is 9.37 Å². The summed E-state index contributed by atoms with van der Waals surface area (Å²) in [6, 6.07) is 6.97. The predicted octanol–water partition coefficient (Wildman–Crippen LogP) is 3.85. The third-order valence-corrected chi connectivity index (χ3v) is 2.38. The third kappa shape index (κ3) is 3.54. The maximum atomic E-state index is 13.5. The van der Waals surface area contributed by atoms with Gasteiger partial charge in [0.05, 0.1) is 12.8 Å². The van der Waals surface area contributed by atoms with Gasteiger partial charge in [-0.05, 0) is 30.2 Å². The summed E-state index contributed by atoms with van der Waals surface area (Å²) in [5.74, 6) is -0.00894. The highest BCUT2D eigenvalue weighted by Gasteiger charge is 2.11. The average molecular weight is 283 g/mol. The van der Waals surface area contributed by atoms with Crippen LogP contribution in [0.25, 0.3) is 0 Å². The highest BCUT2D eigenvalue weighted by molar-refractivity contribution is 6.28. The fourth-order valence-corrected chi connectivity index (χ4v) is 1.50. The highest BCUT2D eigenvalue weighted by atomic mass is 35.5. The first-order valence-corrected chi connectivity index (χ1v) is 6.16. The first kappa shape index (κ1) is 13.5. The molecular formula is C13H12ClFN2O2. The number of hydrogen-bond acceptors (Lipinski definition) is 4. The summed E-state index contributed by atoms with van der Waals surface area (Å²) in [6.45, 7) is 2.54. The van der Waals surface area contributed by atoms with E-state index in [0.717, 1.165) is 12.6 Å². The van der Waals surface area contributed by atoms with E-state index in [2.05, 4.69) is 9.97 Å². The van der Waals surface area contributed by atoms with E-state index >= 15 is 0 Å². The molecule has 0 spiro atoms. The molecule has 1 heterocycles. The van der Waals surface area contributed by atoms with Crippen molar-refractivity contribution >= 4 is 11.6 Å². The lowest BCUT2D eigenvalue weighted by Crippen LogP contribution is -1.99. The minimum atomic E-state index is -0.685. The number of rotatable bonds is 5. The van der Waals surface area contributed by atoms with Gasteiger partial charge in [-0.15, -0.1) is 0 Å². The second-order valence-corrected chi connectivity index (χ2v) is 4.03. The molecule has 6 heteroatoms. The Labute approximate surface area is 115 Å². The first-order chi connectivity index (χ1) is 9.20. The Morgan fingerprint density at radius 1 is 1.26 bits per heavy atom. The minimum absolute atomic E-state index is 0.0802. The van der Waals surface area contributed by atoms with Gasteiger partial charge >= 0.3 is 0 Å². The van der Waals surface area contributed by atoms with Gasteiger partial charge in [-0.25, -0.2) is 4.98 Å². The van der Waals surface area contributed by atoms with E-state index in [9.17, 15) is 4.39 Å². The number of hydrogen-bond donors (Lipinski definition) is 0. The van der Waals surface area contributed by atoms with E-state index in [1.54, 1.807) is 24.3 Å². The van der Waals surface area contributed by atoms with Crippen LogP contribution in [0.3, 0.4) is 0 Å². The van der Waals surface area contributed by atoms with Crippen molar-refractivity contribution in [1.29, 1.82) is 0 Å². The molecule has 0 bridgehead atoms. The van der Waals surface area contributed by atoms with Crippen LogP contribution in [-0.4, -0.2) is 16.6 Å². The van der Waals surface area contributed by atoms with Crippen molar-refractivity contribution in [1.82, 2.24) is 9.97 Å². The molecule has 2 aromatic rings. The summed E-state index contributed by atoms with van der Waals surface area (Å²) >= 11 is 5.61. The molecule has 100 valence electrons. The van der Waals surface area contributed by atoms with Gasteiger partial charge in [0.1, 0.15) is 0 Å². The zero-order valence-electron chi connectivity index (χ0n) is 10.3. The smallest absolute Gasteiger partial charge is 0.260 e. The van der Waals surface area contributed by atoms with Crippen molar-refractivity contribution in [2.24, 2.45) is 0 Å². The van der Waals surface area contributed by atoms with Crippen molar-refractivity contribution in [2.75, 3.05) is 6.61 Å². The van der Waals surface area contributed by atoms with Crippen LogP contribution in [0.5, 0.6) is 17.4 Å². The second-order valence-electron chi connectivity index (χ2n) is 3.69. The van der Waals surface area contributed by atoms with Gasteiger partial charge in [0.25, 0.3) is 5.88 Å². The van der Waals surface area contributed by atoms with E-state index < -0.39 is 5.82 Å². The van der Waals surface area contributed by atoms with Crippen molar-refractivity contribution < 1.29 is 13.9 Å². The van der Waals surface area contributed by atoms with Crippen molar-refractivity contribution in [2.45, 2.75) is 13.3 Å². The molecule has 0 aliphatic rings. The monoisotopic (exact) mass is 282 g/mol. The zero-order valence-corrected chi connectivity index (χ0v) is 11.0. The van der Waals surface area contributed by atoms with Crippen LogP contribution in [0.2, 0.25) is 5.28 Å². The van der Waals surface area contributed by atoms with Crippen molar-refractivity contribution in [3.8, 4) is 17.4 Å². The number of ether oxygens (including phenoxy) is 2. The molecule has 0 aliphatic heterocycles. The standard InChI is InChI=1S/C13H12ClFN2O2/c1-2-7-18-10-5-3-4-6-11(10)19-12-9(15)8-16-13(14)17-12/h3-6,8H,2,7H2,1H3. The number of benzene rings is 1. The number of halogens is 2. The van der Waals surface area contributed by atoms with Crippen LogP contribution in [0.4, 0.5) is 4.39 Å². The average Bonchev–Trinajstić information content (AvgIpc) is 2.42. The molecule has 0 fully saturated rings. The maximum absolute atomic E-state index is 13.5. The quantitative estimate of drug-likeness (QED) is 0.781. The molecule has 19 heavy (non-hydrogen) atoms. The fourth-order valence-electron chi connectivity index (χ4n) is 1.37. The highest BCUT2D eigenvalue weighted by Crippen LogP contribution is 2.31. The number of nitrogens with zero attached hydrogens (tertiary/aromatic N) is 2. The van der Waals surface area contributed by atoms with Crippen LogP contribution < -0.4 is 9.47 Å². The maximum Gasteiger partial charge on any atom is 0.260 e. The molecule has 2 rings (SSSR count). The lowest BCUT2D eigenvalue weighted by Gasteiger charge is -2.11. The molecule has 0 unspecified atom stereocenters. The molecule has 0 N–H and O–H groups in total. The summed E-state index contributed by atoms with van der Waals surface area (Å²) in [4.78, 5) is 7.21. The van der Waals surface area contributed by atoms with Gasteiger partial charge in [-0.1, -0.05) is 19.1 Å². The second kappa shape index (κ2) is 6.33. The van der Waals surface area contributed by atoms with Crippen LogP contribution in [0.1, 0.15) is 13.3 Å². The Hall–Kier alpha value is -1.88. The first-order valence-electron chi connectivity index (χ1n) is 5.78. The molecule has 0 saturated heterocycles. The molecule has 1 aromatic carbocycles. The summed E-state index contributed by atoms with van der Waals surface area (Å²) in [5, 5.41) is -0.0802.